The van der Waals surface area contributed by atoms with Gasteiger partial charge >= 0.3 is 5.97 Å². The number of likely N-dealkylation sites (tertiary alicyclic amines) is 1. The first-order valence-electron chi connectivity index (χ1n) is 12.8. The normalized spacial score (nSPS) is 27.0. The highest BCUT2D eigenvalue weighted by Crippen LogP contribution is 2.51. The summed E-state index contributed by atoms with van der Waals surface area (Å²) in [5.41, 5.74) is 1.99. The fraction of sp³-hybridized carbons (Fsp3) is 0.517. The van der Waals surface area contributed by atoms with E-state index < -0.39 is 0 Å². The molecule has 2 aromatic carbocycles. The molecular weight excluding hydrogens is 424 g/mol. The van der Waals surface area contributed by atoms with Crippen molar-refractivity contribution in [3.63, 3.8) is 0 Å². The molecule has 0 aromatic heterocycles. The van der Waals surface area contributed by atoms with Crippen molar-refractivity contribution in [3.8, 4) is 5.75 Å². The van der Waals surface area contributed by atoms with Crippen molar-refractivity contribution in [2.75, 3.05) is 26.7 Å². The van der Waals surface area contributed by atoms with E-state index in [2.05, 4.69) is 17.0 Å². The summed E-state index contributed by atoms with van der Waals surface area (Å²) in [5.74, 6) is 1.86. The maximum absolute atomic E-state index is 13.3. The molecule has 0 spiro atoms. The molecule has 2 aromatic rings. The van der Waals surface area contributed by atoms with E-state index in [1.54, 1.807) is 0 Å². The van der Waals surface area contributed by atoms with E-state index >= 15 is 0 Å². The molecule has 5 heteroatoms. The third-order valence-electron chi connectivity index (χ3n) is 8.36. The molecule has 34 heavy (non-hydrogen) atoms. The molecule has 5 rings (SSSR count). The van der Waals surface area contributed by atoms with Crippen LogP contribution in [0, 0.1) is 11.8 Å². The van der Waals surface area contributed by atoms with Crippen molar-refractivity contribution in [1.29, 1.82) is 0 Å². The van der Waals surface area contributed by atoms with Gasteiger partial charge in [-0.05, 0) is 86.7 Å². The van der Waals surface area contributed by atoms with Gasteiger partial charge in [0.25, 0.3) is 5.91 Å². The SMILES string of the molecule is CC(=O)Oc1cccc(C23CCN(CC4CC4)CC2CCC(N(C)C(=O)c2ccccc2)C3)c1. The quantitative estimate of drug-likeness (QED) is 0.454. The van der Waals surface area contributed by atoms with E-state index in [1.807, 2.05) is 54.4 Å². The highest BCUT2D eigenvalue weighted by molar-refractivity contribution is 5.94. The number of amides is 1. The zero-order chi connectivity index (χ0) is 23.7. The summed E-state index contributed by atoms with van der Waals surface area (Å²) in [4.78, 5) is 29.5. The van der Waals surface area contributed by atoms with E-state index in [0.29, 0.717) is 11.7 Å². The maximum Gasteiger partial charge on any atom is 0.308 e. The van der Waals surface area contributed by atoms with E-state index in [1.165, 1.54) is 31.9 Å². The van der Waals surface area contributed by atoms with Crippen molar-refractivity contribution in [2.45, 2.75) is 56.9 Å². The van der Waals surface area contributed by atoms with Crippen LogP contribution in [-0.2, 0) is 10.2 Å². The van der Waals surface area contributed by atoms with Gasteiger partial charge in [-0.2, -0.15) is 0 Å². The summed E-state index contributed by atoms with van der Waals surface area (Å²) < 4.78 is 5.46. The first-order valence-corrected chi connectivity index (χ1v) is 12.8. The lowest BCUT2D eigenvalue weighted by Crippen LogP contribution is -2.56. The van der Waals surface area contributed by atoms with E-state index in [4.69, 9.17) is 4.74 Å². The first kappa shape index (κ1) is 23.1. The predicted octanol–water partition coefficient (Wildman–Crippen LogP) is 4.91. The Morgan fingerprint density at radius 1 is 1.06 bits per heavy atom. The Bertz CT molecular complexity index is 1030. The van der Waals surface area contributed by atoms with E-state index in [-0.39, 0.29) is 23.3 Å². The van der Waals surface area contributed by atoms with Crippen molar-refractivity contribution >= 4 is 11.9 Å². The topological polar surface area (TPSA) is 49.9 Å². The van der Waals surface area contributed by atoms with Crippen molar-refractivity contribution in [2.24, 2.45) is 11.8 Å². The minimum atomic E-state index is -0.292. The first-order chi connectivity index (χ1) is 16.4. The van der Waals surface area contributed by atoms with E-state index in [0.717, 1.165) is 50.3 Å². The average molecular weight is 461 g/mol. The molecule has 2 aliphatic carbocycles. The second kappa shape index (κ2) is 9.53. The molecule has 0 N–H and O–H groups in total. The molecule has 1 amide bonds. The van der Waals surface area contributed by atoms with Crippen LogP contribution in [0.1, 0.15) is 61.4 Å². The number of piperidine rings is 1. The number of hydrogen-bond donors (Lipinski definition) is 0. The van der Waals surface area contributed by atoms with Gasteiger partial charge in [0, 0.05) is 44.1 Å². The fourth-order valence-corrected chi connectivity index (χ4v) is 6.34. The Kier molecular flexibility index (Phi) is 6.48. The molecule has 3 fully saturated rings. The Labute approximate surface area is 203 Å². The van der Waals surface area contributed by atoms with Gasteiger partial charge in [-0.25, -0.2) is 0 Å². The van der Waals surface area contributed by atoms with Gasteiger partial charge in [0.05, 0.1) is 0 Å². The molecule has 2 saturated carbocycles. The number of benzene rings is 2. The Morgan fingerprint density at radius 3 is 2.59 bits per heavy atom. The molecule has 3 unspecified atom stereocenters. The lowest BCUT2D eigenvalue weighted by Gasteiger charge is -2.54. The molecule has 1 heterocycles. The van der Waals surface area contributed by atoms with Crippen molar-refractivity contribution in [1.82, 2.24) is 9.80 Å². The second-order valence-corrected chi connectivity index (χ2v) is 10.6. The number of carbonyl (C=O) groups excluding carboxylic acids is 2. The number of rotatable bonds is 6. The fourth-order valence-electron chi connectivity index (χ4n) is 6.34. The lowest BCUT2D eigenvalue weighted by molar-refractivity contribution is -0.131. The Morgan fingerprint density at radius 2 is 1.85 bits per heavy atom. The monoisotopic (exact) mass is 460 g/mol. The third kappa shape index (κ3) is 4.76. The highest BCUT2D eigenvalue weighted by Gasteiger charge is 2.49. The number of esters is 1. The van der Waals surface area contributed by atoms with Crippen LogP contribution in [-0.4, -0.2) is 54.4 Å². The molecule has 0 radical (unpaired) electrons. The van der Waals surface area contributed by atoms with Gasteiger partial charge < -0.3 is 14.5 Å². The van der Waals surface area contributed by atoms with Gasteiger partial charge in [-0.15, -0.1) is 0 Å². The molecule has 5 nitrogen and oxygen atoms in total. The smallest absolute Gasteiger partial charge is 0.308 e. The van der Waals surface area contributed by atoms with Crippen LogP contribution in [0.5, 0.6) is 5.75 Å². The molecule has 180 valence electrons. The zero-order valence-corrected chi connectivity index (χ0v) is 20.4. The maximum atomic E-state index is 13.3. The summed E-state index contributed by atoms with van der Waals surface area (Å²) in [6.07, 6.45) is 6.93. The van der Waals surface area contributed by atoms with Crippen LogP contribution in [0.3, 0.4) is 0 Å². The predicted molar refractivity (Wildman–Crippen MR) is 133 cm³/mol. The minimum Gasteiger partial charge on any atom is -0.427 e. The summed E-state index contributed by atoms with van der Waals surface area (Å²) >= 11 is 0. The molecule has 3 aliphatic rings. The molecule has 0 bridgehead atoms. The number of hydrogen-bond acceptors (Lipinski definition) is 4. The van der Waals surface area contributed by atoms with Crippen LogP contribution >= 0.6 is 0 Å². The second-order valence-electron chi connectivity index (χ2n) is 10.6. The average Bonchev–Trinajstić information content (AvgIpc) is 3.67. The Hall–Kier alpha value is -2.66. The van der Waals surface area contributed by atoms with Gasteiger partial charge in [-0.1, -0.05) is 30.3 Å². The van der Waals surface area contributed by atoms with Gasteiger partial charge in [0.1, 0.15) is 5.75 Å². The Balaban J connectivity index is 1.42. The van der Waals surface area contributed by atoms with Gasteiger partial charge in [-0.3, -0.25) is 9.59 Å². The van der Waals surface area contributed by atoms with Crippen LogP contribution in [0.15, 0.2) is 54.6 Å². The molecular formula is C29H36N2O3. The number of fused-ring (bicyclic) bond motifs is 1. The third-order valence-corrected chi connectivity index (χ3v) is 8.36. The summed E-state index contributed by atoms with van der Waals surface area (Å²) in [5, 5.41) is 0. The standard InChI is InChI=1S/C29H36N2O3/c1-21(32)34-27-10-6-9-24(17-27)29-15-16-31(19-22-11-12-22)20-25(29)13-14-26(18-29)30(2)28(33)23-7-4-3-5-8-23/h3-10,17,22,25-26H,11-16,18-20H2,1-2H3. The van der Waals surface area contributed by atoms with Crippen molar-refractivity contribution in [3.05, 3.63) is 65.7 Å². The van der Waals surface area contributed by atoms with Crippen LogP contribution < -0.4 is 4.74 Å². The summed E-state index contributed by atoms with van der Waals surface area (Å²) in [6.45, 7) is 4.89. The minimum absolute atomic E-state index is 0.00957. The van der Waals surface area contributed by atoms with Gasteiger partial charge in [0.15, 0.2) is 0 Å². The number of carbonyl (C=O) groups is 2. The summed E-state index contributed by atoms with van der Waals surface area (Å²) in [6, 6.07) is 18.0. The van der Waals surface area contributed by atoms with Crippen LogP contribution in [0.2, 0.25) is 0 Å². The van der Waals surface area contributed by atoms with Crippen LogP contribution in [0.25, 0.3) is 0 Å². The molecule has 3 atom stereocenters. The molecule has 1 saturated heterocycles. The summed E-state index contributed by atoms with van der Waals surface area (Å²) in [7, 11) is 1.96. The van der Waals surface area contributed by atoms with Gasteiger partial charge in [0.2, 0.25) is 0 Å². The molecule has 1 aliphatic heterocycles. The zero-order valence-electron chi connectivity index (χ0n) is 20.4. The lowest BCUT2D eigenvalue weighted by atomic mass is 9.57. The number of nitrogens with zero attached hydrogens (tertiary/aromatic N) is 2. The van der Waals surface area contributed by atoms with Crippen molar-refractivity contribution < 1.29 is 14.3 Å². The number of ether oxygens (including phenoxy) is 1. The van der Waals surface area contributed by atoms with E-state index in [9.17, 15) is 9.59 Å². The van der Waals surface area contributed by atoms with Crippen LogP contribution in [0.4, 0.5) is 0 Å². The highest BCUT2D eigenvalue weighted by atomic mass is 16.5. The largest absolute Gasteiger partial charge is 0.427 e.